The molecule has 0 radical (unpaired) electrons. The molecule has 1 heterocycles. The van der Waals surface area contributed by atoms with Crippen LogP contribution >= 0.6 is 0 Å². The first-order chi connectivity index (χ1) is 6.38. The van der Waals surface area contributed by atoms with E-state index >= 15 is 0 Å². The fourth-order valence-corrected chi connectivity index (χ4v) is 0.759. The highest BCUT2D eigenvalue weighted by molar-refractivity contribution is 5.44. The van der Waals surface area contributed by atoms with E-state index in [0.29, 0.717) is 11.3 Å². The molecule has 0 amide bonds. The number of aliphatic hydroxyl groups is 2. The molecule has 66 valence electrons. The van der Waals surface area contributed by atoms with E-state index < -0.39 is 0 Å². The third-order valence-corrected chi connectivity index (χ3v) is 1.25. The van der Waals surface area contributed by atoms with Crippen molar-refractivity contribution in [3.05, 3.63) is 23.7 Å². The molecule has 0 aliphatic heterocycles. The molecule has 0 fully saturated rings. The van der Waals surface area contributed by atoms with Gasteiger partial charge < -0.3 is 14.6 Å². The summed E-state index contributed by atoms with van der Waals surface area (Å²) in [4.78, 5) is 0. The number of furan rings is 1. The van der Waals surface area contributed by atoms with Gasteiger partial charge in [0.2, 0.25) is 0 Å². The van der Waals surface area contributed by atoms with E-state index in [0.717, 1.165) is 0 Å². The van der Waals surface area contributed by atoms with Crippen molar-refractivity contribution in [2.45, 2.75) is 0 Å². The molecular weight excluding hydrogens is 168 g/mol. The average molecular weight is 176 g/mol. The van der Waals surface area contributed by atoms with Crippen molar-refractivity contribution in [2.24, 2.45) is 0 Å². The number of hydrogen-bond acceptors (Lipinski definition) is 3. The Kier molecular flexibility index (Phi) is 3.66. The zero-order valence-electron chi connectivity index (χ0n) is 6.87. The molecule has 0 spiro atoms. The van der Waals surface area contributed by atoms with Crippen LogP contribution in [0.25, 0.3) is 0 Å². The van der Waals surface area contributed by atoms with Gasteiger partial charge >= 0.3 is 0 Å². The zero-order valence-corrected chi connectivity index (χ0v) is 6.87. The van der Waals surface area contributed by atoms with Crippen molar-refractivity contribution in [2.75, 3.05) is 13.2 Å². The summed E-state index contributed by atoms with van der Waals surface area (Å²) < 4.78 is 4.99. The lowest BCUT2D eigenvalue weighted by Gasteiger charge is -1.82. The third-order valence-electron chi connectivity index (χ3n) is 1.25. The molecular formula is C10H8O3. The Hall–Kier alpha value is -1.68. The first-order valence-electron chi connectivity index (χ1n) is 3.65. The van der Waals surface area contributed by atoms with Gasteiger partial charge in [-0.05, 0) is 12.0 Å². The molecule has 13 heavy (non-hydrogen) atoms. The van der Waals surface area contributed by atoms with Gasteiger partial charge in [-0.2, -0.15) is 0 Å². The lowest BCUT2D eigenvalue weighted by Crippen LogP contribution is -1.79. The molecule has 3 heteroatoms. The van der Waals surface area contributed by atoms with Crippen LogP contribution in [0.1, 0.15) is 11.3 Å². The maximum Gasteiger partial charge on any atom is 0.192 e. The molecule has 0 atom stereocenters. The van der Waals surface area contributed by atoms with E-state index in [2.05, 4.69) is 23.7 Å². The van der Waals surface area contributed by atoms with E-state index in [4.69, 9.17) is 14.6 Å². The van der Waals surface area contributed by atoms with Gasteiger partial charge in [-0.1, -0.05) is 17.8 Å². The molecule has 0 aromatic carbocycles. The van der Waals surface area contributed by atoms with Crippen molar-refractivity contribution in [1.29, 1.82) is 0 Å². The third kappa shape index (κ3) is 2.68. The normalized spacial score (nSPS) is 8.15. The van der Waals surface area contributed by atoms with Gasteiger partial charge in [0.15, 0.2) is 5.76 Å². The molecule has 1 aromatic heterocycles. The molecule has 1 aromatic rings. The Balaban J connectivity index is 2.89. The summed E-state index contributed by atoms with van der Waals surface area (Å²) in [5, 5.41) is 16.9. The van der Waals surface area contributed by atoms with E-state index in [1.807, 2.05) is 0 Å². The van der Waals surface area contributed by atoms with Gasteiger partial charge in [0.05, 0.1) is 11.8 Å². The van der Waals surface area contributed by atoms with Gasteiger partial charge in [0, 0.05) is 0 Å². The van der Waals surface area contributed by atoms with Crippen LogP contribution in [0.3, 0.4) is 0 Å². The Morgan fingerprint density at radius 3 is 2.54 bits per heavy atom. The van der Waals surface area contributed by atoms with Crippen LogP contribution in [0.2, 0.25) is 0 Å². The quantitative estimate of drug-likeness (QED) is 0.546. The van der Waals surface area contributed by atoms with E-state index in [1.165, 1.54) is 6.26 Å². The smallest absolute Gasteiger partial charge is 0.192 e. The van der Waals surface area contributed by atoms with Gasteiger partial charge in [-0.3, -0.25) is 0 Å². The monoisotopic (exact) mass is 176 g/mol. The highest BCUT2D eigenvalue weighted by Crippen LogP contribution is 2.06. The topological polar surface area (TPSA) is 53.6 Å². The number of rotatable bonds is 0. The average Bonchev–Trinajstić information content (AvgIpc) is 2.59. The van der Waals surface area contributed by atoms with Crippen LogP contribution in [0.5, 0.6) is 0 Å². The van der Waals surface area contributed by atoms with Crippen molar-refractivity contribution in [1.82, 2.24) is 0 Å². The highest BCUT2D eigenvalue weighted by atomic mass is 16.3. The first-order valence-corrected chi connectivity index (χ1v) is 3.65. The summed E-state index contributed by atoms with van der Waals surface area (Å²) in [5.74, 6) is 10.6. The largest absolute Gasteiger partial charge is 0.455 e. The molecule has 0 saturated carbocycles. The van der Waals surface area contributed by atoms with Crippen molar-refractivity contribution in [3.8, 4) is 23.7 Å². The summed E-state index contributed by atoms with van der Waals surface area (Å²) in [5.41, 5.74) is 0.620. The fourth-order valence-electron chi connectivity index (χ4n) is 0.759. The number of aliphatic hydroxyl groups excluding tert-OH is 2. The molecule has 0 aliphatic rings. The van der Waals surface area contributed by atoms with Crippen LogP contribution < -0.4 is 0 Å². The molecule has 2 N–H and O–H groups in total. The second-order valence-corrected chi connectivity index (χ2v) is 2.08. The first kappa shape index (κ1) is 9.41. The van der Waals surface area contributed by atoms with Gasteiger partial charge in [0.1, 0.15) is 13.2 Å². The molecule has 3 nitrogen and oxygen atoms in total. The lowest BCUT2D eigenvalue weighted by atomic mass is 10.2. The van der Waals surface area contributed by atoms with Crippen molar-refractivity contribution >= 4 is 0 Å². The summed E-state index contributed by atoms with van der Waals surface area (Å²) in [7, 11) is 0. The van der Waals surface area contributed by atoms with Crippen molar-refractivity contribution in [3.63, 3.8) is 0 Å². The Labute approximate surface area is 76.0 Å². The second-order valence-electron chi connectivity index (χ2n) is 2.08. The summed E-state index contributed by atoms with van der Waals surface area (Å²) in [6.45, 7) is -0.411. The van der Waals surface area contributed by atoms with Crippen LogP contribution in [-0.4, -0.2) is 23.4 Å². The van der Waals surface area contributed by atoms with Crippen LogP contribution in [0.15, 0.2) is 16.7 Å². The predicted molar refractivity (Wildman–Crippen MR) is 46.6 cm³/mol. The summed E-state index contributed by atoms with van der Waals surface area (Å²) in [6.07, 6.45) is 1.46. The van der Waals surface area contributed by atoms with Crippen molar-refractivity contribution < 1.29 is 14.6 Å². The minimum atomic E-state index is -0.215. The van der Waals surface area contributed by atoms with E-state index in [9.17, 15) is 0 Å². The Bertz CT molecular complexity index is 345. The molecule has 1 rings (SSSR count). The lowest BCUT2D eigenvalue weighted by molar-refractivity contribution is 0.350. The maximum absolute atomic E-state index is 8.45. The van der Waals surface area contributed by atoms with E-state index in [-0.39, 0.29) is 13.2 Å². The zero-order chi connectivity index (χ0) is 9.52. The van der Waals surface area contributed by atoms with Gasteiger partial charge in [-0.25, -0.2) is 0 Å². The Morgan fingerprint density at radius 2 is 1.85 bits per heavy atom. The van der Waals surface area contributed by atoms with Crippen LogP contribution in [-0.2, 0) is 0 Å². The fraction of sp³-hybridized carbons (Fsp3) is 0.200. The van der Waals surface area contributed by atoms with Gasteiger partial charge in [0.25, 0.3) is 0 Å². The minimum Gasteiger partial charge on any atom is -0.455 e. The van der Waals surface area contributed by atoms with Crippen LogP contribution in [0.4, 0.5) is 0 Å². The summed E-state index contributed by atoms with van der Waals surface area (Å²) in [6, 6.07) is 1.66. The number of hydrogen-bond donors (Lipinski definition) is 2. The maximum atomic E-state index is 8.45. The standard InChI is InChI=1S/C10H8O3/c11-6-1-3-9-5-8-13-10(9)4-2-7-12/h5,8,11-12H,6-7H2. The van der Waals surface area contributed by atoms with Gasteiger partial charge in [-0.15, -0.1) is 0 Å². The van der Waals surface area contributed by atoms with E-state index in [1.54, 1.807) is 6.07 Å². The highest BCUT2D eigenvalue weighted by Gasteiger charge is 1.98. The minimum absolute atomic E-state index is 0.196. The SMILES string of the molecule is OCC#Cc1ccoc1C#CCO. The molecule has 0 unspecified atom stereocenters. The molecule has 0 aliphatic carbocycles. The second kappa shape index (κ2) is 5.05. The summed E-state index contributed by atoms with van der Waals surface area (Å²) >= 11 is 0. The molecule has 0 saturated heterocycles. The van der Waals surface area contributed by atoms with Crippen LogP contribution in [0, 0.1) is 23.7 Å². The predicted octanol–water partition coefficient (Wildman–Crippen LogP) is -0.0328. The molecule has 0 bridgehead atoms. The Morgan fingerprint density at radius 1 is 1.15 bits per heavy atom.